The molecule has 5 unspecified atom stereocenters. The van der Waals surface area contributed by atoms with Crippen molar-refractivity contribution in [2.24, 2.45) is 11.8 Å². The highest BCUT2D eigenvalue weighted by atomic mass is 35.5. The van der Waals surface area contributed by atoms with Gasteiger partial charge in [-0.3, -0.25) is 9.59 Å². The summed E-state index contributed by atoms with van der Waals surface area (Å²) >= 11 is 6.27. The van der Waals surface area contributed by atoms with Gasteiger partial charge in [0.15, 0.2) is 0 Å². The van der Waals surface area contributed by atoms with Gasteiger partial charge in [0.2, 0.25) is 5.91 Å². The van der Waals surface area contributed by atoms with Gasteiger partial charge in [-0.15, -0.1) is 0 Å². The molecule has 0 spiro atoms. The van der Waals surface area contributed by atoms with Crippen LogP contribution in [0.1, 0.15) is 42.5 Å². The maximum atomic E-state index is 14.3. The lowest BCUT2D eigenvalue weighted by Gasteiger charge is -2.57. The van der Waals surface area contributed by atoms with Gasteiger partial charge >= 0.3 is 6.03 Å². The number of imide groups is 1. The fraction of sp³-hybridized carbons (Fsp3) is 0.500. The van der Waals surface area contributed by atoms with Crippen molar-refractivity contribution in [2.45, 2.75) is 56.3 Å². The van der Waals surface area contributed by atoms with E-state index in [2.05, 4.69) is 5.32 Å². The molecule has 0 radical (unpaired) electrons. The number of likely N-dealkylation sites (tertiary alicyclic amines) is 1. The first-order valence-electron chi connectivity index (χ1n) is 14.0. The molecule has 3 heterocycles. The molecule has 2 aromatic rings. The molecule has 39 heavy (non-hydrogen) atoms. The van der Waals surface area contributed by atoms with E-state index in [1.54, 1.807) is 31.4 Å². The molecule has 3 aliphatic heterocycles. The number of benzene rings is 2. The highest BCUT2D eigenvalue weighted by Gasteiger charge is 2.57. The van der Waals surface area contributed by atoms with Crippen LogP contribution in [0.3, 0.4) is 0 Å². The summed E-state index contributed by atoms with van der Waals surface area (Å²) in [5, 5.41) is 4.10. The molecule has 6 rings (SSSR count). The zero-order chi connectivity index (χ0) is 27.1. The SMILES string of the molecule is COC1CCCC2C1NCC1C(=O)N(c3cccc(Cl)c3)C(=O)N(C3CCN(C(=O)c4ccccc4)CC3)C12. The lowest BCUT2D eigenvalue weighted by atomic mass is 9.69. The molecular weight excluding hydrogens is 516 g/mol. The number of fused-ring (bicyclic) bond motifs is 3. The van der Waals surface area contributed by atoms with Crippen LogP contribution in [0, 0.1) is 11.8 Å². The number of urea groups is 1. The zero-order valence-corrected chi connectivity index (χ0v) is 22.9. The summed E-state index contributed by atoms with van der Waals surface area (Å²) in [5.74, 6) is -0.390. The fourth-order valence-electron chi connectivity index (χ4n) is 7.30. The summed E-state index contributed by atoms with van der Waals surface area (Å²) in [4.78, 5) is 46.6. The molecule has 1 N–H and O–H groups in total. The Labute approximate surface area is 234 Å². The van der Waals surface area contributed by atoms with Crippen LogP contribution in [0.15, 0.2) is 54.6 Å². The normalized spacial score (nSPS) is 29.7. The van der Waals surface area contributed by atoms with Gasteiger partial charge in [-0.1, -0.05) is 42.3 Å². The number of methoxy groups -OCH3 is 1. The molecule has 1 saturated carbocycles. The average molecular weight is 551 g/mol. The van der Waals surface area contributed by atoms with Gasteiger partial charge in [-0.25, -0.2) is 9.69 Å². The summed E-state index contributed by atoms with van der Waals surface area (Å²) in [6.07, 6.45) is 4.32. The Morgan fingerprint density at radius 1 is 1.00 bits per heavy atom. The van der Waals surface area contributed by atoms with Crippen LogP contribution < -0.4 is 10.2 Å². The first-order chi connectivity index (χ1) is 19.0. The Bertz CT molecular complexity index is 1230. The standard InChI is InChI=1S/C30H35ClN4O4/c1-39-25-12-6-11-23-26(25)32-18-24-27(23)34(30(38)35(29(24)37)22-10-5-9-20(31)17-22)21-13-15-33(16-14-21)28(36)19-7-3-2-4-8-19/h2-5,7-10,17,21,23-27,32H,6,11-16,18H2,1H3. The van der Waals surface area contributed by atoms with E-state index in [4.69, 9.17) is 16.3 Å². The predicted molar refractivity (Wildman–Crippen MR) is 149 cm³/mol. The van der Waals surface area contributed by atoms with Crippen LogP contribution in [-0.2, 0) is 9.53 Å². The number of amides is 4. The molecule has 4 fully saturated rings. The first kappa shape index (κ1) is 26.3. The third-order valence-electron chi connectivity index (χ3n) is 9.12. The van der Waals surface area contributed by atoms with Gasteiger partial charge < -0.3 is 19.9 Å². The van der Waals surface area contributed by atoms with Crippen molar-refractivity contribution in [3.05, 3.63) is 65.2 Å². The first-order valence-corrected chi connectivity index (χ1v) is 14.4. The number of piperidine rings is 2. The quantitative estimate of drug-likeness (QED) is 0.617. The highest BCUT2D eigenvalue weighted by Crippen LogP contribution is 2.43. The van der Waals surface area contributed by atoms with E-state index in [-0.39, 0.29) is 53.9 Å². The van der Waals surface area contributed by atoms with E-state index in [0.717, 1.165) is 19.3 Å². The second-order valence-corrected chi connectivity index (χ2v) is 11.6. The van der Waals surface area contributed by atoms with E-state index in [1.807, 2.05) is 40.1 Å². The van der Waals surface area contributed by atoms with E-state index in [1.165, 1.54) is 4.90 Å². The largest absolute Gasteiger partial charge is 0.380 e. The third-order valence-corrected chi connectivity index (χ3v) is 9.35. The smallest absolute Gasteiger partial charge is 0.331 e. The van der Waals surface area contributed by atoms with Crippen LogP contribution in [-0.4, -0.2) is 78.6 Å². The zero-order valence-electron chi connectivity index (χ0n) is 22.2. The Morgan fingerprint density at radius 3 is 2.49 bits per heavy atom. The maximum Gasteiger partial charge on any atom is 0.331 e. The predicted octanol–water partition coefficient (Wildman–Crippen LogP) is 4.19. The number of carbonyl (C=O) groups excluding carboxylic acids is 3. The van der Waals surface area contributed by atoms with Crippen molar-refractivity contribution >= 4 is 35.1 Å². The fourth-order valence-corrected chi connectivity index (χ4v) is 7.49. The number of ether oxygens (including phenoxy) is 1. The van der Waals surface area contributed by atoms with Gasteiger partial charge in [-0.05, 0) is 61.9 Å². The molecule has 206 valence electrons. The van der Waals surface area contributed by atoms with Crippen molar-refractivity contribution in [1.29, 1.82) is 0 Å². The monoisotopic (exact) mass is 550 g/mol. The molecule has 1 aliphatic carbocycles. The van der Waals surface area contributed by atoms with Gasteiger partial charge in [-0.2, -0.15) is 0 Å². The van der Waals surface area contributed by atoms with E-state index < -0.39 is 0 Å². The maximum absolute atomic E-state index is 14.3. The van der Waals surface area contributed by atoms with Crippen LogP contribution in [0.25, 0.3) is 0 Å². The van der Waals surface area contributed by atoms with Crippen molar-refractivity contribution in [3.8, 4) is 0 Å². The molecular formula is C30H35ClN4O4. The number of nitrogens with zero attached hydrogens (tertiary/aromatic N) is 3. The molecule has 2 aromatic carbocycles. The summed E-state index contributed by atoms with van der Waals surface area (Å²) in [6, 6.07) is 15.8. The lowest BCUT2D eigenvalue weighted by Crippen LogP contribution is -2.74. The Morgan fingerprint density at radius 2 is 1.77 bits per heavy atom. The van der Waals surface area contributed by atoms with Gasteiger partial charge in [0.05, 0.1) is 23.8 Å². The van der Waals surface area contributed by atoms with Gasteiger partial charge in [0.1, 0.15) is 0 Å². The summed E-state index contributed by atoms with van der Waals surface area (Å²) in [5.41, 5.74) is 1.18. The molecule has 0 bridgehead atoms. The minimum atomic E-state index is -0.359. The molecule has 8 nitrogen and oxygen atoms in total. The number of anilines is 1. The van der Waals surface area contributed by atoms with E-state index in [0.29, 0.717) is 48.7 Å². The van der Waals surface area contributed by atoms with Crippen molar-refractivity contribution in [3.63, 3.8) is 0 Å². The number of hydrogen-bond acceptors (Lipinski definition) is 5. The topological polar surface area (TPSA) is 82.2 Å². The number of halogens is 1. The Balaban J connectivity index is 1.31. The minimum absolute atomic E-state index is 0.0183. The minimum Gasteiger partial charge on any atom is -0.380 e. The number of nitrogens with one attached hydrogen (secondary N) is 1. The Kier molecular flexibility index (Phi) is 7.35. The number of hydrogen-bond donors (Lipinski definition) is 1. The molecule has 0 aromatic heterocycles. The van der Waals surface area contributed by atoms with Gasteiger partial charge in [0, 0.05) is 49.4 Å². The molecule has 5 atom stereocenters. The summed E-state index contributed by atoms with van der Waals surface area (Å²) in [7, 11) is 1.75. The lowest BCUT2D eigenvalue weighted by molar-refractivity contribution is -0.132. The molecule has 9 heteroatoms. The van der Waals surface area contributed by atoms with E-state index >= 15 is 0 Å². The van der Waals surface area contributed by atoms with Crippen LogP contribution in [0.5, 0.6) is 0 Å². The van der Waals surface area contributed by atoms with Gasteiger partial charge in [0.25, 0.3) is 5.91 Å². The van der Waals surface area contributed by atoms with E-state index in [9.17, 15) is 14.4 Å². The Hall–Kier alpha value is -2.94. The van der Waals surface area contributed by atoms with Crippen molar-refractivity contribution in [2.75, 3.05) is 31.6 Å². The number of rotatable bonds is 4. The van der Waals surface area contributed by atoms with Crippen molar-refractivity contribution in [1.82, 2.24) is 15.1 Å². The van der Waals surface area contributed by atoms with Crippen LogP contribution in [0.4, 0.5) is 10.5 Å². The number of carbonyl (C=O) groups is 3. The molecule has 4 aliphatic rings. The van der Waals surface area contributed by atoms with Crippen LogP contribution in [0.2, 0.25) is 5.02 Å². The summed E-state index contributed by atoms with van der Waals surface area (Å²) < 4.78 is 5.84. The second kappa shape index (κ2) is 10.9. The van der Waals surface area contributed by atoms with Crippen LogP contribution >= 0.6 is 11.6 Å². The second-order valence-electron chi connectivity index (χ2n) is 11.1. The molecule has 3 saturated heterocycles. The molecule has 4 amide bonds. The average Bonchev–Trinajstić information content (AvgIpc) is 2.97. The van der Waals surface area contributed by atoms with Crippen molar-refractivity contribution < 1.29 is 19.1 Å². The summed E-state index contributed by atoms with van der Waals surface area (Å²) in [6.45, 7) is 1.63. The third kappa shape index (κ3) is 4.72. The highest BCUT2D eigenvalue weighted by molar-refractivity contribution is 6.31.